The number of likely N-dealkylation sites (N-methyl/N-ethyl adjacent to an activating group) is 1. The molecule has 2 nitrogen and oxygen atoms in total. The van der Waals surface area contributed by atoms with E-state index >= 15 is 0 Å². The summed E-state index contributed by atoms with van der Waals surface area (Å²) in [5, 5.41) is 3.48. The Bertz CT molecular complexity index is 193. The van der Waals surface area contributed by atoms with Gasteiger partial charge in [0.2, 0.25) is 0 Å². The average Bonchev–Trinajstić information content (AvgIpc) is 2.73. The lowest BCUT2D eigenvalue weighted by molar-refractivity contribution is 0.0746. The molecule has 2 heteroatoms. The molecule has 0 aromatic rings. The summed E-state index contributed by atoms with van der Waals surface area (Å²) in [6, 6.07) is 1.66. The minimum Gasteiger partial charge on any atom is -0.315 e. The number of piperidine rings is 1. The number of fused-ring (bicyclic) bond motifs is 1. The molecule has 1 saturated heterocycles. The molecule has 0 aromatic heterocycles. The summed E-state index contributed by atoms with van der Waals surface area (Å²) in [6.45, 7) is 8.20. The molecule has 0 spiro atoms. The molecule has 0 aromatic carbocycles. The van der Waals surface area contributed by atoms with E-state index in [1.165, 1.54) is 45.2 Å². The molecule has 1 aliphatic carbocycles. The molecule has 1 saturated carbocycles. The molecule has 3 atom stereocenters. The van der Waals surface area contributed by atoms with Gasteiger partial charge in [-0.3, -0.25) is 4.90 Å². The molecule has 0 amide bonds. The third-order valence-electron chi connectivity index (χ3n) is 4.29. The summed E-state index contributed by atoms with van der Waals surface area (Å²) in [5.74, 6) is 1.03. The van der Waals surface area contributed by atoms with Crippen LogP contribution in [0.4, 0.5) is 0 Å². The van der Waals surface area contributed by atoms with Crippen molar-refractivity contribution in [3.8, 4) is 0 Å². The first-order valence-electron chi connectivity index (χ1n) is 6.79. The fraction of sp³-hybridized carbons (Fsp3) is 1.00. The Morgan fingerprint density at radius 1 is 1.27 bits per heavy atom. The summed E-state index contributed by atoms with van der Waals surface area (Å²) >= 11 is 0. The topological polar surface area (TPSA) is 15.3 Å². The molecule has 88 valence electrons. The second-order valence-electron chi connectivity index (χ2n) is 5.30. The third-order valence-corrected chi connectivity index (χ3v) is 4.29. The first kappa shape index (κ1) is 11.4. The summed E-state index contributed by atoms with van der Waals surface area (Å²) in [5.41, 5.74) is 0. The largest absolute Gasteiger partial charge is 0.315 e. The van der Waals surface area contributed by atoms with Gasteiger partial charge in [-0.15, -0.1) is 0 Å². The van der Waals surface area contributed by atoms with Crippen molar-refractivity contribution in [1.29, 1.82) is 0 Å². The van der Waals surface area contributed by atoms with Crippen molar-refractivity contribution in [2.45, 2.75) is 58.0 Å². The minimum atomic E-state index is 0.732. The van der Waals surface area contributed by atoms with Crippen molar-refractivity contribution >= 4 is 0 Å². The van der Waals surface area contributed by atoms with Gasteiger partial charge in [-0.05, 0) is 51.6 Å². The van der Waals surface area contributed by atoms with E-state index in [1.54, 1.807) is 0 Å². The van der Waals surface area contributed by atoms with Gasteiger partial charge >= 0.3 is 0 Å². The molecule has 1 heterocycles. The van der Waals surface area contributed by atoms with Gasteiger partial charge in [0.1, 0.15) is 0 Å². The van der Waals surface area contributed by atoms with Crippen LogP contribution >= 0.6 is 0 Å². The first-order chi connectivity index (χ1) is 7.33. The summed E-state index contributed by atoms with van der Waals surface area (Å²) in [6.07, 6.45) is 7.35. The zero-order chi connectivity index (χ0) is 10.7. The molecule has 2 aliphatic rings. The highest BCUT2D eigenvalue weighted by atomic mass is 15.2. The van der Waals surface area contributed by atoms with E-state index < -0.39 is 0 Å². The first-order valence-corrected chi connectivity index (χ1v) is 6.79. The predicted octanol–water partition coefficient (Wildman–Crippen LogP) is 2.25. The van der Waals surface area contributed by atoms with Crippen molar-refractivity contribution in [3.63, 3.8) is 0 Å². The van der Waals surface area contributed by atoms with Crippen LogP contribution in [0.5, 0.6) is 0 Å². The number of nitrogens with one attached hydrogen (secondary N) is 1. The van der Waals surface area contributed by atoms with E-state index in [-0.39, 0.29) is 0 Å². The van der Waals surface area contributed by atoms with Crippen LogP contribution in [0.2, 0.25) is 0 Å². The Morgan fingerprint density at radius 3 is 2.87 bits per heavy atom. The summed E-state index contributed by atoms with van der Waals surface area (Å²) in [7, 11) is 0. The van der Waals surface area contributed by atoms with E-state index in [0.29, 0.717) is 0 Å². The van der Waals surface area contributed by atoms with Crippen LogP contribution in [0.15, 0.2) is 0 Å². The van der Waals surface area contributed by atoms with Crippen LogP contribution in [0.25, 0.3) is 0 Å². The van der Waals surface area contributed by atoms with Crippen LogP contribution in [-0.4, -0.2) is 36.6 Å². The quantitative estimate of drug-likeness (QED) is 0.765. The maximum absolute atomic E-state index is 3.48. The van der Waals surface area contributed by atoms with Gasteiger partial charge in [0.25, 0.3) is 0 Å². The second-order valence-corrected chi connectivity index (χ2v) is 5.30. The smallest absolute Gasteiger partial charge is 0.0195 e. The van der Waals surface area contributed by atoms with Crippen LogP contribution in [-0.2, 0) is 0 Å². The standard InChI is InChI=1S/C13H26N2/c1-3-14-10-11(2)15-9-5-7-12-6-4-8-13(12)15/h11-14H,3-10H2,1-2H3. The fourth-order valence-electron chi connectivity index (χ4n) is 3.51. The highest BCUT2D eigenvalue weighted by molar-refractivity contribution is 4.91. The Morgan fingerprint density at radius 2 is 2.07 bits per heavy atom. The maximum atomic E-state index is 3.48. The van der Waals surface area contributed by atoms with Crippen molar-refractivity contribution < 1.29 is 0 Å². The zero-order valence-electron chi connectivity index (χ0n) is 10.3. The van der Waals surface area contributed by atoms with E-state index in [0.717, 1.165) is 24.5 Å². The number of rotatable bonds is 4. The number of likely N-dealkylation sites (tertiary alicyclic amines) is 1. The monoisotopic (exact) mass is 210 g/mol. The van der Waals surface area contributed by atoms with Gasteiger partial charge in [0.15, 0.2) is 0 Å². The van der Waals surface area contributed by atoms with Crippen molar-refractivity contribution in [1.82, 2.24) is 10.2 Å². The van der Waals surface area contributed by atoms with Crippen LogP contribution in [0.1, 0.15) is 46.0 Å². The van der Waals surface area contributed by atoms with E-state index in [4.69, 9.17) is 0 Å². The third kappa shape index (κ3) is 2.54. The lowest BCUT2D eigenvalue weighted by Gasteiger charge is -2.41. The van der Waals surface area contributed by atoms with Gasteiger partial charge in [0.05, 0.1) is 0 Å². The molecule has 0 radical (unpaired) electrons. The highest BCUT2D eigenvalue weighted by Crippen LogP contribution is 2.37. The fourth-order valence-corrected chi connectivity index (χ4v) is 3.51. The lowest BCUT2D eigenvalue weighted by Crippen LogP contribution is -2.50. The average molecular weight is 210 g/mol. The lowest BCUT2D eigenvalue weighted by atomic mass is 9.91. The van der Waals surface area contributed by atoms with E-state index in [1.807, 2.05) is 0 Å². The van der Waals surface area contributed by atoms with E-state index in [9.17, 15) is 0 Å². The maximum Gasteiger partial charge on any atom is 0.0195 e. The molecule has 15 heavy (non-hydrogen) atoms. The number of hydrogen-bond donors (Lipinski definition) is 1. The Balaban J connectivity index is 1.89. The van der Waals surface area contributed by atoms with Crippen molar-refractivity contribution in [2.75, 3.05) is 19.6 Å². The van der Waals surface area contributed by atoms with Gasteiger partial charge in [-0.2, -0.15) is 0 Å². The molecular formula is C13H26N2. The van der Waals surface area contributed by atoms with Crippen LogP contribution < -0.4 is 5.32 Å². The Hall–Kier alpha value is -0.0800. The van der Waals surface area contributed by atoms with Crippen LogP contribution in [0, 0.1) is 5.92 Å². The molecule has 0 bridgehead atoms. The molecule has 3 unspecified atom stereocenters. The van der Waals surface area contributed by atoms with Gasteiger partial charge in [-0.1, -0.05) is 13.3 Å². The second kappa shape index (κ2) is 5.31. The van der Waals surface area contributed by atoms with Gasteiger partial charge in [0, 0.05) is 18.6 Å². The van der Waals surface area contributed by atoms with Crippen molar-refractivity contribution in [2.24, 2.45) is 5.92 Å². The molecule has 1 N–H and O–H groups in total. The summed E-state index contributed by atoms with van der Waals surface area (Å²) in [4.78, 5) is 2.78. The SMILES string of the molecule is CCNCC(C)N1CCCC2CCCC21. The minimum absolute atomic E-state index is 0.732. The molecule has 2 rings (SSSR count). The highest BCUT2D eigenvalue weighted by Gasteiger charge is 2.36. The van der Waals surface area contributed by atoms with Gasteiger partial charge in [-0.25, -0.2) is 0 Å². The number of hydrogen-bond acceptors (Lipinski definition) is 2. The number of nitrogens with zero attached hydrogens (tertiary/aromatic N) is 1. The van der Waals surface area contributed by atoms with Gasteiger partial charge < -0.3 is 5.32 Å². The Labute approximate surface area is 94.4 Å². The Kier molecular flexibility index (Phi) is 4.04. The van der Waals surface area contributed by atoms with Crippen LogP contribution in [0.3, 0.4) is 0 Å². The van der Waals surface area contributed by atoms with E-state index in [2.05, 4.69) is 24.1 Å². The van der Waals surface area contributed by atoms with Crippen molar-refractivity contribution in [3.05, 3.63) is 0 Å². The summed E-state index contributed by atoms with van der Waals surface area (Å²) < 4.78 is 0. The normalized spacial score (nSPS) is 34.0. The molecule has 1 aliphatic heterocycles. The molecular weight excluding hydrogens is 184 g/mol. The molecule has 2 fully saturated rings. The zero-order valence-corrected chi connectivity index (χ0v) is 10.3. The predicted molar refractivity (Wildman–Crippen MR) is 65.1 cm³/mol.